The summed E-state index contributed by atoms with van der Waals surface area (Å²) < 4.78 is 24.4. The summed E-state index contributed by atoms with van der Waals surface area (Å²) in [6, 6.07) is 4.23. The second-order valence-corrected chi connectivity index (χ2v) is 5.56. The summed E-state index contributed by atoms with van der Waals surface area (Å²) in [5.74, 6) is -0.335. The molecule has 112 valence electrons. The lowest BCUT2D eigenvalue weighted by Gasteiger charge is -2.41. The Balaban J connectivity index is 2.13. The number of hydrogen-bond donors (Lipinski definition) is 1. The van der Waals surface area contributed by atoms with Crippen LogP contribution in [-0.4, -0.2) is 31.5 Å². The predicted octanol–water partition coefficient (Wildman–Crippen LogP) is 2.93. The molecule has 0 aliphatic carbocycles. The number of halogens is 2. The van der Waals surface area contributed by atoms with Crippen LogP contribution in [0.2, 0.25) is 5.02 Å². The lowest BCUT2D eigenvalue weighted by molar-refractivity contribution is -0.120. The molecule has 0 bridgehead atoms. The first-order chi connectivity index (χ1) is 9.57. The van der Waals surface area contributed by atoms with E-state index in [1.54, 1.807) is 6.07 Å². The van der Waals surface area contributed by atoms with Gasteiger partial charge in [-0.2, -0.15) is 0 Å². The number of nitrogens with two attached hydrogens (primary N) is 1. The van der Waals surface area contributed by atoms with Crippen molar-refractivity contribution in [2.24, 2.45) is 5.73 Å². The SMILES string of the molecule is CCOC1(C(N)Cc2ccc(F)cc2Cl)CCOCC1. The molecule has 1 atom stereocenters. The highest BCUT2D eigenvalue weighted by atomic mass is 35.5. The second kappa shape index (κ2) is 6.85. The van der Waals surface area contributed by atoms with Crippen LogP contribution in [0, 0.1) is 5.82 Å². The van der Waals surface area contributed by atoms with Gasteiger partial charge < -0.3 is 15.2 Å². The summed E-state index contributed by atoms with van der Waals surface area (Å²) in [6.07, 6.45) is 2.13. The molecular weight excluding hydrogens is 281 g/mol. The highest BCUT2D eigenvalue weighted by Crippen LogP contribution is 2.31. The molecule has 0 saturated carbocycles. The third-order valence-electron chi connectivity index (χ3n) is 3.90. The van der Waals surface area contributed by atoms with Gasteiger partial charge >= 0.3 is 0 Å². The van der Waals surface area contributed by atoms with E-state index in [2.05, 4.69) is 0 Å². The van der Waals surface area contributed by atoms with Gasteiger partial charge in [-0.15, -0.1) is 0 Å². The van der Waals surface area contributed by atoms with Gasteiger partial charge in [0.1, 0.15) is 5.82 Å². The third kappa shape index (κ3) is 3.50. The van der Waals surface area contributed by atoms with Crippen LogP contribution in [0.1, 0.15) is 25.3 Å². The quantitative estimate of drug-likeness (QED) is 0.909. The Labute approximate surface area is 124 Å². The molecule has 1 saturated heterocycles. The number of benzene rings is 1. The van der Waals surface area contributed by atoms with Crippen molar-refractivity contribution in [3.05, 3.63) is 34.6 Å². The van der Waals surface area contributed by atoms with E-state index in [4.69, 9.17) is 26.8 Å². The molecule has 1 fully saturated rings. The van der Waals surface area contributed by atoms with Gasteiger partial charge in [-0.05, 0) is 31.0 Å². The van der Waals surface area contributed by atoms with E-state index in [0.29, 0.717) is 31.3 Å². The Hall–Kier alpha value is -0.680. The maximum absolute atomic E-state index is 13.1. The first kappa shape index (κ1) is 15.7. The van der Waals surface area contributed by atoms with Gasteiger partial charge in [-0.1, -0.05) is 17.7 Å². The highest BCUT2D eigenvalue weighted by molar-refractivity contribution is 6.31. The van der Waals surface area contributed by atoms with Crippen molar-refractivity contribution in [2.75, 3.05) is 19.8 Å². The lowest BCUT2D eigenvalue weighted by Crippen LogP contribution is -2.54. The van der Waals surface area contributed by atoms with Crippen LogP contribution in [0.15, 0.2) is 18.2 Å². The van der Waals surface area contributed by atoms with Crippen molar-refractivity contribution < 1.29 is 13.9 Å². The predicted molar refractivity (Wildman–Crippen MR) is 77.5 cm³/mol. The van der Waals surface area contributed by atoms with E-state index in [1.165, 1.54) is 12.1 Å². The van der Waals surface area contributed by atoms with Crippen molar-refractivity contribution in [2.45, 2.75) is 37.8 Å². The van der Waals surface area contributed by atoms with E-state index in [0.717, 1.165) is 18.4 Å². The van der Waals surface area contributed by atoms with Crippen LogP contribution >= 0.6 is 11.6 Å². The zero-order valence-corrected chi connectivity index (χ0v) is 12.5. The van der Waals surface area contributed by atoms with Gasteiger partial charge in [0.15, 0.2) is 0 Å². The summed E-state index contributed by atoms with van der Waals surface area (Å²) in [5, 5.41) is 0.416. The summed E-state index contributed by atoms with van der Waals surface area (Å²) in [6.45, 7) is 3.90. The number of ether oxygens (including phenoxy) is 2. The highest BCUT2D eigenvalue weighted by Gasteiger charge is 2.39. The molecule has 2 rings (SSSR count). The maximum Gasteiger partial charge on any atom is 0.124 e. The minimum atomic E-state index is -0.370. The molecule has 3 nitrogen and oxygen atoms in total. The fraction of sp³-hybridized carbons (Fsp3) is 0.600. The smallest absolute Gasteiger partial charge is 0.124 e. The molecule has 1 unspecified atom stereocenters. The minimum Gasteiger partial charge on any atom is -0.381 e. The van der Waals surface area contributed by atoms with Crippen LogP contribution in [0.5, 0.6) is 0 Å². The van der Waals surface area contributed by atoms with Gasteiger partial charge in [-0.3, -0.25) is 0 Å². The molecule has 1 aromatic rings. The molecule has 1 aromatic carbocycles. The largest absolute Gasteiger partial charge is 0.381 e. The fourth-order valence-electron chi connectivity index (χ4n) is 2.74. The first-order valence-electron chi connectivity index (χ1n) is 6.98. The molecule has 0 amide bonds. The number of rotatable bonds is 5. The summed E-state index contributed by atoms with van der Waals surface area (Å²) in [7, 11) is 0. The molecule has 1 aliphatic rings. The molecule has 2 N–H and O–H groups in total. The van der Waals surface area contributed by atoms with Gasteiger partial charge in [0.2, 0.25) is 0 Å². The van der Waals surface area contributed by atoms with Crippen LogP contribution in [-0.2, 0) is 15.9 Å². The molecule has 0 spiro atoms. The number of hydrogen-bond acceptors (Lipinski definition) is 3. The van der Waals surface area contributed by atoms with Crippen LogP contribution in [0.25, 0.3) is 0 Å². The van der Waals surface area contributed by atoms with E-state index >= 15 is 0 Å². The summed E-state index contributed by atoms with van der Waals surface area (Å²) in [4.78, 5) is 0. The van der Waals surface area contributed by atoms with Gasteiger partial charge in [0.25, 0.3) is 0 Å². The van der Waals surface area contributed by atoms with Crippen LogP contribution < -0.4 is 5.73 Å². The molecule has 0 radical (unpaired) electrons. The fourth-order valence-corrected chi connectivity index (χ4v) is 2.98. The minimum absolute atomic E-state index is 0.186. The molecule has 20 heavy (non-hydrogen) atoms. The average molecular weight is 302 g/mol. The van der Waals surface area contributed by atoms with E-state index in [-0.39, 0.29) is 17.5 Å². The molecule has 0 aromatic heterocycles. The van der Waals surface area contributed by atoms with Crippen LogP contribution in [0.3, 0.4) is 0 Å². The molecule has 1 aliphatic heterocycles. The molecular formula is C15H21ClFNO2. The maximum atomic E-state index is 13.1. The topological polar surface area (TPSA) is 44.5 Å². The van der Waals surface area contributed by atoms with Gasteiger partial charge in [0.05, 0.1) is 5.60 Å². The normalized spacial score (nSPS) is 19.8. The van der Waals surface area contributed by atoms with Crippen molar-refractivity contribution in [1.82, 2.24) is 0 Å². The monoisotopic (exact) mass is 301 g/mol. The second-order valence-electron chi connectivity index (χ2n) is 5.16. The van der Waals surface area contributed by atoms with Gasteiger partial charge in [-0.25, -0.2) is 4.39 Å². The zero-order valence-electron chi connectivity index (χ0n) is 11.7. The van der Waals surface area contributed by atoms with Gasteiger partial charge in [0, 0.05) is 43.7 Å². The Bertz CT molecular complexity index is 444. The lowest BCUT2D eigenvalue weighted by atomic mass is 9.83. The van der Waals surface area contributed by atoms with Crippen LogP contribution in [0.4, 0.5) is 4.39 Å². The Morgan fingerprint density at radius 1 is 1.45 bits per heavy atom. The Morgan fingerprint density at radius 2 is 2.15 bits per heavy atom. The zero-order chi connectivity index (χ0) is 14.6. The third-order valence-corrected chi connectivity index (χ3v) is 4.25. The van der Waals surface area contributed by atoms with E-state index < -0.39 is 0 Å². The van der Waals surface area contributed by atoms with Crippen molar-refractivity contribution >= 4 is 11.6 Å². The Kier molecular flexibility index (Phi) is 5.38. The van der Waals surface area contributed by atoms with E-state index in [9.17, 15) is 4.39 Å². The van der Waals surface area contributed by atoms with Crippen molar-refractivity contribution in [3.63, 3.8) is 0 Å². The van der Waals surface area contributed by atoms with E-state index in [1.807, 2.05) is 6.92 Å². The molecule has 1 heterocycles. The summed E-state index contributed by atoms with van der Waals surface area (Å²) >= 11 is 6.07. The standard InChI is InChI=1S/C15H21ClFNO2/c1-2-20-15(5-7-19-8-6-15)14(18)9-11-3-4-12(17)10-13(11)16/h3-4,10,14H,2,5-9,18H2,1H3. The van der Waals surface area contributed by atoms with Crippen molar-refractivity contribution in [1.29, 1.82) is 0 Å². The molecule has 5 heteroatoms. The van der Waals surface area contributed by atoms with Crippen molar-refractivity contribution in [3.8, 4) is 0 Å². The average Bonchev–Trinajstić information content (AvgIpc) is 2.43. The summed E-state index contributed by atoms with van der Waals surface area (Å²) in [5.41, 5.74) is 6.86. The Morgan fingerprint density at radius 3 is 2.75 bits per heavy atom. The first-order valence-corrected chi connectivity index (χ1v) is 7.36.